The van der Waals surface area contributed by atoms with Gasteiger partial charge in [-0.25, -0.2) is 4.79 Å². The summed E-state index contributed by atoms with van der Waals surface area (Å²) in [5.74, 6) is 0. The molecule has 0 spiro atoms. The lowest BCUT2D eigenvalue weighted by molar-refractivity contribution is 0.199. The Kier molecular flexibility index (Phi) is 3.09. The molecule has 0 aliphatic heterocycles. The van der Waals surface area contributed by atoms with Crippen LogP contribution >= 0.6 is 0 Å². The summed E-state index contributed by atoms with van der Waals surface area (Å²) in [6, 6.07) is 6.56. The Balaban J connectivity index is 3.13. The number of anilines is 1. The first-order valence-corrected chi connectivity index (χ1v) is 4.34. The predicted octanol–water partition coefficient (Wildman–Crippen LogP) is 1.25. The molecule has 2 amide bonds. The van der Waals surface area contributed by atoms with E-state index in [9.17, 15) is 9.90 Å². The van der Waals surface area contributed by atoms with Crippen molar-refractivity contribution in [2.24, 2.45) is 5.73 Å². The second-order valence-electron chi connectivity index (χ2n) is 3.13. The number of rotatable bonds is 2. The number of hydrogen-bond donors (Lipinski definition) is 2. The minimum absolute atomic E-state index is 0.543. The van der Waals surface area contributed by atoms with E-state index < -0.39 is 12.1 Å². The van der Waals surface area contributed by atoms with Gasteiger partial charge in [0.15, 0.2) is 0 Å². The van der Waals surface area contributed by atoms with E-state index in [1.165, 1.54) is 4.90 Å². The van der Waals surface area contributed by atoms with Crippen LogP contribution in [-0.4, -0.2) is 18.2 Å². The molecule has 0 aliphatic rings. The van der Waals surface area contributed by atoms with Crippen LogP contribution in [0, 0.1) is 0 Å². The van der Waals surface area contributed by atoms with E-state index in [0.717, 1.165) is 0 Å². The average Bonchev–Trinajstić information content (AvgIpc) is 2.16. The molecule has 0 aromatic heterocycles. The second-order valence-corrected chi connectivity index (χ2v) is 3.13. The van der Waals surface area contributed by atoms with Crippen molar-refractivity contribution in [2.45, 2.75) is 13.0 Å². The van der Waals surface area contributed by atoms with E-state index in [1.54, 1.807) is 38.2 Å². The highest BCUT2D eigenvalue weighted by molar-refractivity contribution is 5.90. The van der Waals surface area contributed by atoms with Gasteiger partial charge in [0.1, 0.15) is 0 Å². The summed E-state index contributed by atoms with van der Waals surface area (Å²) >= 11 is 0. The van der Waals surface area contributed by atoms with E-state index in [1.807, 2.05) is 0 Å². The molecule has 3 N–H and O–H groups in total. The number of carbonyl (C=O) groups is 1. The zero-order valence-corrected chi connectivity index (χ0v) is 8.27. The summed E-state index contributed by atoms with van der Waals surface area (Å²) in [5, 5.41) is 9.46. The Labute approximate surface area is 82.9 Å². The molecule has 1 atom stereocenters. The highest BCUT2D eigenvalue weighted by Crippen LogP contribution is 2.24. The van der Waals surface area contributed by atoms with Gasteiger partial charge in [-0.1, -0.05) is 18.2 Å². The topological polar surface area (TPSA) is 66.6 Å². The normalized spacial score (nSPS) is 12.2. The maximum atomic E-state index is 10.9. The molecule has 1 aromatic carbocycles. The fourth-order valence-electron chi connectivity index (χ4n) is 1.26. The summed E-state index contributed by atoms with van der Waals surface area (Å²) in [7, 11) is 1.57. The van der Waals surface area contributed by atoms with Gasteiger partial charge in [0, 0.05) is 12.6 Å². The Morgan fingerprint density at radius 3 is 2.57 bits per heavy atom. The molecular formula is C10H14N2O2. The summed E-state index contributed by atoms with van der Waals surface area (Å²) in [4.78, 5) is 12.2. The van der Waals surface area contributed by atoms with Gasteiger partial charge in [-0.05, 0) is 13.0 Å². The van der Waals surface area contributed by atoms with Crippen molar-refractivity contribution < 1.29 is 9.90 Å². The quantitative estimate of drug-likeness (QED) is 0.744. The average molecular weight is 194 g/mol. The number of primary amides is 1. The van der Waals surface area contributed by atoms with Crippen LogP contribution in [0.5, 0.6) is 0 Å². The number of aliphatic hydroxyl groups is 1. The van der Waals surface area contributed by atoms with Crippen molar-refractivity contribution in [1.29, 1.82) is 0 Å². The third-order valence-corrected chi connectivity index (χ3v) is 2.08. The zero-order chi connectivity index (χ0) is 10.7. The molecule has 0 fully saturated rings. The van der Waals surface area contributed by atoms with Crippen LogP contribution in [0.1, 0.15) is 18.6 Å². The lowest BCUT2D eigenvalue weighted by Gasteiger charge is -2.19. The number of urea groups is 1. The van der Waals surface area contributed by atoms with Gasteiger partial charge < -0.3 is 10.8 Å². The van der Waals surface area contributed by atoms with E-state index in [-0.39, 0.29) is 0 Å². The lowest BCUT2D eigenvalue weighted by atomic mass is 10.1. The molecule has 4 heteroatoms. The fraction of sp³-hybridized carbons (Fsp3) is 0.300. The molecule has 14 heavy (non-hydrogen) atoms. The second kappa shape index (κ2) is 4.11. The summed E-state index contributed by atoms with van der Waals surface area (Å²) < 4.78 is 0. The van der Waals surface area contributed by atoms with Crippen molar-refractivity contribution in [2.75, 3.05) is 11.9 Å². The fourth-order valence-corrected chi connectivity index (χ4v) is 1.26. The maximum absolute atomic E-state index is 10.9. The van der Waals surface area contributed by atoms with Gasteiger partial charge >= 0.3 is 6.03 Å². The largest absolute Gasteiger partial charge is 0.389 e. The van der Waals surface area contributed by atoms with Gasteiger partial charge in [0.2, 0.25) is 0 Å². The molecule has 0 aliphatic carbocycles. The standard InChI is InChI=1S/C10H14N2O2/c1-7(13)8-5-3-4-6-9(8)12(2)10(11)14/h3-7,13H,1-2H3,(H2,11,14). The molecule has 1 aromatic rings. The van der Waals surface area contributed by atoms with Gasteiger partial charge in [-0.3, -0.25) is 4.90 Å². The van der Waals surface area contributed by atoms with Gasteiger partial charge in [0.25, 0.3) is 0 Å². The van der Waals surface area contributed by atoms with Crippen LogP contribution < -0.4 is 10.6 Å². The zero-order valence-electron chi connectivity index (χ0n) is 8.27. The lowest BCUT2D eigenvalue weighted by Crippen LogP contribution is -2.32. The van der Waals surface area contributed by atoms with E-state index >= 15 is 0 Å². The first-order valence-electron chi connectivity index (χ1n) is 4.34. The molecule has 0 saturated carbocycles. The first kappa shape index (κ1) is 10.5. The number of amides is 2. The number of para-hydroxylation sites is 1. The molecule has 0 bridgehead atoms. The minimum atomic E-state index is -0.618. The van der Waals surface area contributed by atoms with E-state index in [2.05, 4.69) is 0 Å². The van der Waals surface area contributed by atoms with Crippen LogP contribution in [0.4, 0.5) is 10.5 Å². The number of hydrogen-bond acceptors (Lipinski definition) is 2. The summed E-state index contributed by atoms with van der Waals surface area (Å²) in [6.45, 7) is 1.65. The van der Waals surface area contributed by atoms with E-state index in [0.29, 0.717) is 11.3 Å². The monoisotopic (exact) mass is 194 g/mol. The molecule has 76 valence electrons. The van der Waals surface area contributed by atoms with Crippen LogP contribution in [0.2, 0.25) is 0 Å². The Bertz CT molecular complexity index is 337. The molecular weight excluding hydrogens is 180 g/mol. The Morgan fingerprint density at radius 2 is 2.07 bits per heavy atom. The van der Waals surface area contributed by atoms with Crippen molar-refractivity contribution in [3.63, 3.8) is 0 Å². The van der Waals surface area contributed by atoms with Crippen LogP contribution in [0.25, 0.3) is 0 Å². The Morgan fingerprint density at radius 1 is 1.50 bits per heavy atom. The van der Waals surface area contributed by atoms with E-state index in [4.69, 9.17) is 5.73 Å². The summed E-state index contributed by atoms with van der Waals surface area (Å²) in [6.07, 6.45) is -0.618. The highest BCUT2D eigenvalue weighted by Gasteiger charge is 2.13. The van der Waals surface area contributed by atoms with Gasteiger partial charge in [-0.2, -0.15) is 0 Å². The smallest absolute Gasteiger partial charge is 0.319 e. The van der Waals surface area contributed by atoms with Crippen molar-refractivity contribution in [3.05, 3.63) is 29.8 Å². The third-order valence-electron chi connectivity index (χ3n) is 2.08. The summed E-state index contributed by atoms with van der Waals surface area (Å²) in [5.41, 5.74) is 6.47. The SMILES string of the molecule is CC(O)c1ccccc1N(C)C(N)=O. The van der Waals surface area contributed by atoms with Crippen LogP contribution in [0.3, 0.4) is 0 Å². The van der Waals surface area contributed by atoms with Gasteiger partial charge in [0.05, 0.1) is 11.8 Å². The molecule has 1 rings (SSSR count). The first-order chi connectivity index (χ1) is 6.54. The minimum Gasteiger partial charge on any atom is -0.389 e. The third kappa shape index (κ3) is 2.03. The van der Waals surface area contributed by atoms with Gasteiger partial charge in [-0.15, -0.1) is 0 Å². The molecule has 4 nitrogen and oxygen atoms in total. The predicted molar refractivity (Wildman–Crippen MR) is 55.1 cm³/mol. The Hall–Kier alpha value is -1.55. The number of nitrogens with zero attached hydrogens (tertiary/aromatic N) is 1. The van der Waals surface area contributed by atoms with Crippen LogP contribution in [-0.2, 0) is 0 Å². The van der Waals surface area contributed by atoms with Crippen molar-refractivity contribution in [3.8, 4) is 0 Å². The van der Waals surface area contributed by atoms with Crippen molar-refractivity contribution >= 4 is 11.7 Å². The molecule has 1 unspecified atom stereocenters. The number of nitrogens with two attached hydrogens (primary N) is 1. The number of carbonyl (C=O) groups excluding carboxylic acids is 1. The molecule has 0 saturated heterocycles. The number of benzene rings is 1. The van der Waals surface area contributed by atoms with Crippen LogP contribution in [0.15, 0.2) is 24.3 Å². The molecule has 0 heterocycles. The maximum Gasteiger partial charge on any atom is 0.319 e. The molecule has 0 radical (unpaired) electrons. The number of aliphatic hydroxyl groups excluding tert-OH is 1. The van der Waals surface area contributed by atoms with Crippen molar-refractivity contribution in [1.82, 2.24) is 0 Å². The highest BCUT2D eigenvalue weighted by atomic mass is 16.3.